The van der Waals surface area contributed by atoms with Gasteiger partial charge in [-0.25, -0.2) is 8.42 Å². The Labute approximate surface area is 86.4 Å². The van der Waals surface area contributed by atoms with Gasteiger partial charge in [-0.05, 0) is 44.7 Å². The molecule has 0 aromatic rings. The zero-order valence-corrected chi connectivity index (χ0v) is 9.43. The van der Waals surface area contributed by atoms with E-state index in [-0.39, 0.29) is 0 Å². The molecule has 0 unspecified atom stereocenters. The molecule has 0 aromatic carbocycles. The van der Waals surface area contributed by atoms with Crippen molar-refractivity contribution in [3.8, 4) is 0 Å². The molecule has 14 heavy (non-hydrogen) atoms. The molecule has 2 rings (SSSR count). The first-order valence-corrected chi connectivity index (χ1v) is 7.41. The van der Waals surface area contributed by atoms with Gasteiger partial charge in [0.15, 0.2) is 0 Å². The normalized spacial score (nSPS) is 29.4. The summed E-state index contributed by atoms with van der Waals surface area (Å²) in [4.78, 5) is 2.49. The maximum Gasteiger partial charge on any atom is 0.150 e. The molecule has 2 saturated heterocycles. The van der Waals surface area contributed by atoms with Crippen LogP contribution in [-0.2, 0) is 9.84 Å². The van der Waals surface area contributed by atoms with E-state index in [1.54, 1.807) is 0 Å². The zero-order chi connectivity index (χ0) is 10.0. The summed E-state index contributed by atoms with van der Waals surface area (Å²) in [6.45, 7) is 3.59. The second kappa shape index (κ2) is 4.19. The first kappa shape index (κ1) is 10.4. The standard InChI is InChI=1S/C10H19NO2S/c12-14(13)7-3-10(4-8-14)9-11-5-1-2-6-11/h10H,1-9H2. The van der Waals surface area contributed by atoms with Crippen LogP contribution in [0.4, 0.5) is 0 Å². The van der Waals surface area contributed by atoms with E-state index in [9.17, 15) is 8.42 Å². The van der Waals surface area contributed by atoms with Crippen molar-refractivity contribution >= 4 is 9.84 Å². The van der Waals surface area contributed by atoms with E-state index in [1.807, 2.05) is 0 Å². The lowest BCUT2D eigenvalue weighted by molar-refractivity contribution is 0.265. The quantitative estimate of drug-likeness (QED) is 0.690. The maximum absolute atomic E-state index is 11.2. The Morgan fingerprint density at radius 1 is 1.07 bits per heavy atom. The van der Waals surface area contributed by atoms with Gasteiger partial charge in [-0.1, -0.05) is 0 Å². The summed E-state index contributed by atoms with van der Waals surface area (Å²) >= 11 is 0. The minimum Gasteiger partial charge on any atom is -0.303 e. The van der Waals surface area contributed by atoms with Crippen LogP contribution in [-0.4, -0.2) is 44.5 Å². The Morgan fingerprint density at radius 2 is 1.64 bits per heavy atom. The number of nitrogens with zero attached hydrogens (tertiary/aromatic N) is 1. The predicted octanol–water partition coefficient (Wildman–Crippen LogP) is 0.907. The summed E-state index contributed by atoms with van der Waals surface area (Å²) in [5.41, 5.74) is 0. The molecule has 0 aliphatic carbocycles. The summed E-state index contributed by atoms with van der Waals surface area (Å²) in [7, 11) is -2.67. The summed E-state index contributed by atoms with van der Waals surface area (Å²) in [5.74, 6) is 1.48. The summed E-state index contributed by atoms with van der Waals surface area (Å²) in [5, 5.41) is 0. The van der Waals surface area contributed by atoms with Gasteiger partial charge in [-0.15, -0.1) is 0 Å². The van der Waals surface area contributed by atoms with Gasteiger partial charge >= 0.3 is 0 Å². The lowest BCUT2D eigenvalue weighted by Gasteiger charge is -2.26. The molecule has 82 valence electrons. The van der Waals surface area contributed by atoms with Crippen LogP contribution in [0.3, 0.4) is 0 Å². The molecule has 0 N–H and O–H groups in total. The van der Waals surface area contributed by atoms with Gasteiger partial charge in [-0.3, -0.25) is 0 Å². The average molecular weight is 217 g/mol. The second-order valence-corrected chi connectivity index (χ2v) is 6.91. The first-order valence-electron chi connectivity index (χ1n) is 5.58. The van der Waals surface area contributed by atoms with Crippen molar-refractivity contribution in [2.75, 3.05) is 31.1 Å². The van der Waals surface area contributed by atoms with Gasteiger partial charge in [0.05, 0.1) is 11.5 Å². The molecule has 3 nitrogen and oxygen atoms in total. The summed E-state index contributed by atoms with van der Waals surface area (Å²) < 4.78 is 22.4. The minimum absolute atomic E-state index is 0.422. The fourth-order valence-corrected chi connectivity index (χ4v) is 4.04. The Hall–Kier alpha value is -0.0900. The Balaban J connectivity index is 1.78. The van der Waals surface area contributed by atoms with Crippen molar-refractivity contribution in [2.24, 2.45) is 5.92 Å². The molecule has 2 aliphatic heterocycles. The lowest BCUT2D eigenvalue weighted by Crippen LogP contribution is -2.32. The molecular formula is C10H19NO2S. The van der Waals surface area contributed by atoms with E-state index in [1.165, 1.54) is 25.9 Å². The molecule has 0 spiro atoms. The molecule has 0 radical (unpaired) electrons. The largest absolute Gasteiger partial charge is 0.303 e. The van der Waals surface area contributed by atoms with Crippen LogP contribution in [0.15, 0.2) is 0 Å². The van der Waals surface area contributed by atoms with Gasteiger partial charge in [0.25, 0.3) is 0 Å². The Bertz CT molecular complexity index is 266. The second-order valence-electron chi connectivity index (χ2n) is 4.60. The van der Waals surface area contributed by atoms with Gasteiger partial charge in [-0.2, -0.15) is 0 Å². The number of hydrogen-bond acceptors (Lipinski definition) is 3. The van der Waals surface area contributed by atoms with Gasteiger partial charge in [0.2, 0.25) is 0 Å². The number of hydrogen-bond donors (Lipinski definition) is 0. The van der Waals surface area contributed by atoms with E-state index in [2.05, 4.69) is 4.90 Å². The van der Waals surface area contributed by atoms with E-state index < -0.39 is 9.84 Å². The number of likely N-dealkylation sites (tertiary alicyclic amines) is 1. The molecule has 0 aromatic heterocycles. The van der Waals surface area contributed by atoms with Crippen molar-refractivity contribution in [1.82, 2.24) is 4.90 Å². The molecule has 4 heteroatoms. The fourth-order valence-electron chi connectivity index (χ4n) is 2.45. The van der Waals surface area contributed by atoms with Crippen LogP contribution in [0.2, 0.25) is 0 Å². The highest BCUT2D eigenvalue weighted by molar-refractivity contribution is 7.91. The third-order valence-corrected chi connectivity index (χ3v) is 5.10. The van der Waals surface area contributed by atoms with Crippen LogP contribution in [0, 0.1) is 5.92 Å². The van der Waals surface area contributed by atoms with E-state index in [0.29, 0.717) is 17.4 Å². The molecule has 2 aliphatic rings. The molecule has 2 fully saturated rings. The third kappa shape index (κ3) is 2.70. The van der Waals surface area contributed by atoms with Crippen LogP contribution < -0.4 is 0 Å². The Morgan fingerprint density at radius 3 is 2.21 bits per heavy atom. The predicted molar refractivity (Wildman–Crippen MR) is 57.1 cm³/mol. The molecule has 2 heterocycles. The first-order chi connectivity index (χ1) is 6.66. The van der Waals surface area contributed by atoms with Gasteiger partial charge in [0, 0.05) is 6.54 Å². The SMILES string of the molecule is O=S1(=O)CCC(CN2CCCC2)CC1. The number of rotatable bonds is 2. The molecular weight excluding hydrogens is 198 g/mol. The smallest absolute Gasteiger partial charge is 0.150 e. The van der Waals surface area contributed by atoms with E-state index in [0.717, 1.165) is 19.4 Å². The minimum atomic E-state index is -2.67. The Kier molecular flexibility index (Phi) is 3.12. The summed E-state index contributed by atoms with van der Waals surface area (Å²) in [6.07, 6.45) is 4.42. The van der Waals surface area contributed by atoms with Crippen LogP contribution >= 0.6 is 0 Å². The maximum atomic E-state index is 11.2. The van der Waals surface area contributed by atoms with Crippen LogP contribution in [0.5, 0.6) is 0 Å². The molecule has 0 bridgehead atoms. The van der Waals surface area contributed by atoms with Gasteiger partial charge in [0.1, 0.15) is 9.84 Å². The highest BCUT2D eigenvalue weighted by atomic mass is 32.2. The van der Waals surface area contributed by atoms with E-state index in [4.69, 9.17) is 0 Å². The molecule has 0 saturated carbocycles. The van der Waals surface area contributed by atoms with Crippen molar-refractivity contribution < 1.29 is 8.42 Å². The monoisotopic (exact) mass is 217 g/mol. The molecule has 0 amide bonds. The van der Waals surface area contributed by atoms with Crippen LogP contribution in [0.1, 0.15) is 25.7 Å². The van der Waals surface area contributed by atoms with Crippen molar-refractivity contribution in [3.05, 3.63) is 0 Å². The zero-order valence-electron chi connectivity index (χ0n) is 8.61. The number of sulfone groups is 1. The fraction of sp³-hybridized carbons (Fsp3) is 1.00. The van der Waals surface area contributed by atoms with Gasteiger partial charge < -0.3 is 4.90 Å². The highest BCUT2D eigenvalue weighted by Crippen LogP contribution is 2.21. The van der Waals surface area contributed by atoms with Crippen molar-refractivity contribution in [3.63, 3.8) is 0 Å². The topological polar surface area (TPSA) is 37.4 Å². The summed E-state index contributed by atoms with van der Waals surface area (Å²) in [6, 6.07) is 0. The third-order valence-electron chi connectivity index (χ3n) is 3.39. The van der Waals surface area contributed by atoms with E-state index >= 15 is 0 Å². The van der Waals surface area contributed by atoms with Crippen molar-refractivity contribution in [1.29, 1.82) is 0 Å². The van der Waals surface area contributed by atoms with Crippen molar-refractivity contribution in [2.45, 2.75) is 25.7 Å². The highest BCUT2D eigenvalue weighted by Gasteiger charge is 2.25. The van der Waals surface area contributed by atoms with Crippen LogP contribution in [0.25, 0.3) is 0 Å². The molecule has 0 atom stereocenters. The lowest BCUT2D eigenvalue weighted by atomic mass is 10.0. The average Bonchev–Trinajstić information content (AvgIpc) is 2.61.